The van der Waals surface area contributed by atoms with Gasteiger partial charge in [-0.1, -0.05) is 18.2 Å². The number of amides is 1. The molecule has 0 atom stereocenters. The second kappa shape index (κ2) is 7.13. The van der Waals surface area contributed by atoms with Gasteiger partial charge < -0.3 is 4.74 Å². The number of fused-ring (bicyclic) bond motifs is 1. The minimum atomic E-state index is -0.385. The summed E-state index contributed by atoms with van der Waals surface area (Å²) in [5, 5.41) is 6.25. The molecule has 3 rings (SSSR count). The van der Waals surface area contributed by atoms with Gasteiger partial charge in [0.2, 0.25) is 0 Å². The van der Waals surface area contributed by atoms with Crippen molar-refractivity contribution in [1.29, 1.82) is 0 Å². The first-order valence-electron chi connectivity index (χ1n) is 7.75. The molecule has 1 N–H and O–H groups in total. The van der Waals surface area contributed by atoms with Crippen LogP contribution in [0.15, 0.2) is 65.8 Å². The molecule has 0 heterocycles. The third-order valence-electron chi connectivity index (χ3n) is 3.90. The summed E-state index contributed by atoms with van der Waals surface area (Å²) in [5.74, 6) is 0.0334. The average Bonchev–Trinajstić information content (AvgIpc) is 2.65. The predicted molar refractivity (Wildman–Crippen MR) is 96.6 cm³/mol. The number of nitrogens with one attached hydrogen (secondary N) is 1. The molecule has 126 valence electrons. The SMILES string of the molecule is COc1ccc2cc(C(C)=NNC(=O)c3ccc(F)cc3)ccc2c1. The van der Waals surface area contributed by atoms with E-state index in [1.807, 2.05) is 43.3 Å². The Morgan fingerprint density at radius 3 is 2.32 bits per heavy atom. The van der Waals surface area contributed by atoms with Crippen LogP contribution >= 0.6 is 0 Å². The van der Waals surface area contributed by atoms with Crippen LogP contribution in [0.25, 0.3) is 10.8 Å². The van der Waals surface area contributed by atoms with Crippen LogP contribution in [0, 0.1) is 5.82 Å². The van der Waals surface area contributed by atoms with E-state index in [1.54, 1.807) is 7.11 Å². The molecule has 5 heteroatoms. The first kappa shape index (κ1) is 16.6. The minimum Gasteiger partial charge on any atom is -0.497 e. The molecule has 4 nitrogen and oxygen atoms in total. The second-order valence-corrected chi connectivity index (χ2v) is 5.57. The van der Waals surface area contributed by atoms with E-state index >= 15 is 0 Å². The molecule has 0 saturated heterocycles. The van der Waals surface area contributed by atoms with E-state index in [-0.39, 0.29) is 11.7 Å². The lowest BCUT2D eigenvalue weighted by atomic mass is 10.0. The summed E-state index contributed by atoms with van der Waals surface area (Å²) in [6, 6.07) is 17.1. The van der Waals surface area contributed by atoms with Crippen molar-refractivity contribution in [3.63, 3.8) is 0 Å². The highest BCUT2D eigenvalue weighted by molar-refractivity contribution is 6.03. The highest BCUT2D eigenvalue weighted by Gasteiger charge is 2.06. The minimum absolute atomic E-state index is 0.351. The predicted octanol–water partition coefficient (Wildman–Crippen LogP) is 4.14. The van der Waals surface area contributed by atoms with Gasteiger partial charge in [0.25, 0.3) is 5.91 Å². The van der Waals surface area contributed by atoms with E-state index in [1.165, 1.54) is 24.3 Å². The molecule has 0 fully saturated rings. The van der Waals surface area contributed by atoms with Gasteiger partial charge in [0, 0.05) is 5.56 Å². The molecule has 0 saturated carbocycles. The summed E-state index contributed by atoms with van der Waals surface area (Å²) in [6.45, 7) is 1.82. The number of nitrogens with zero attached hydrogens (tertiary/aromatic N) is 1. The molecule has 0 aliphatic rings. The van der Waals surface area contributed by atoms with Gasteiger partial charge in [-0.15, -0.1) is 0 Å². The number of benzene rings is 3. The van der Waals surface area contributed by atoms with Crippen molar-refractivity contribution in [2.45, 2.75) is 6.92 Å². The zero-order valence-electron chi connectivity index (χ0n) is 13.9. The number of hydrazone groups is 1. The summed E-state index contributed by atoms with van der Waals surface area (Å²) in [7, 11) is 1.64. The normalized spacial score (nSPS) is 11.4. The summed E-state index contributed by atoms with van der Waals surface area (Å²) in [6.07, 6.45) is 0. The summed E-state index contributed by atoms with van der Waals surface area (Å²) >= 11 is 0. The van der Waals surface area contributed by atoms with Crippen molar-refractivity contribution in [3.05, 3.63) is 77.6 Å². The molecular formula is C20H17FN2O2. The quantitative estimate of drug-likeness (QED) is 0.575. The van der Waals surface area contributed by atoms with Crippen LogP contribution < -0.4 is 10.2 Å². The largest absolute Gasteiger partial charge is 0.497 e. The monoisotopic (exact) mass is 336 g/mol. The Hall–Kier alpha value is -3.21. The fourth-order valence-electron chi connectivity index (χ4n) is 2.44. The number of hydrogen-bond acceptors (Lipinski definition) is 3. The van der Waals surface area contributed by atoms with Gasteiger partial charge in [0.1, 0.15) is 11.6 Å². The zero-order chi connectivity index (χ0) is 17.8. The Morgan fingerprint density at radius 2 is 1.60 bits per heavy atom. The van der Waals surface area contributed by atoms with Crippen molar-refractivity contribution in [3.8, 4) is 5.75 Å². The van der Waals surface area contributed by atoms with Gasteiger partial charge in [-0.2, -0.15) is 5.10 Å². The number of carbonyl (C=O) groups is 1. The first-order chi connectivity index (χ1) is 12.1. The topological polar surface area (TPSA) is 50.7 Å². The molecule has 0 radical (unpaired) electrons. The van der Waals surface area contributed by atoms with Gasteiger partial charge in [-0.3, -0.25) is 4.79 Å². The molecule has 3 aromatic carbocycles. The maximum Gasteiger partial charge on any atom is 0.271 e. The number of methoxy groups -OCH3 is 1. The highest BCUT2D eigenvalue weighted by atomic mass is 19.1. The van der Waals surface area contributed by atoms with Crippen LogP contribution in [0.1, 0.15) is 22.8 Å². The van der Waals surface area contributed by atoms with Gasteiger partial charge in [0.15, 0.2) is 0 Å². The molecule has 1 amide bonds. The molecule has 0 aliphatic heterocycles. The number of rotatable bonds is 4. The van der Waals surface area contributed by atoms with Crippen LogP contribution in [-0.2, 0) is 0 Å². The lowest BCUT2D eigenvalue weighted by Gasteiger charge is -2.06. The van der Waals surface area contributed by atoms with E-state index < -0.39 is 0 Å². The van der Waals surface area contributed by atoms with Gasteiger partial charge in [0.05, 0.1) is 12.8 Å². The molecular weight excluding hydrogens is 319 g/mol. The van der Waals surface area contributed by atoms with Gasteiger partial charge in [-0.05, 0) is 65.7 Å². The summed E-state index contributed by atoms with van der Waals surface area (Å²) in [5.41, 5.74) is 4.41. The highest BCUT2D eigenvalue weighted by Crippen LogP contribution is 2.22. The van der Waals surface area contributed by atoms with Gasteiger partial charge >= 0.3 is 0 Å². The second-order valence-electron chi connectivity index (χ2n) is 5.57. The van der Waals surface area contributed by atoms with Crippen LogP contribution in [0.2, 0.25) is 0 Å². The molecule has 0 spiro atoms. The van der Waals surface area contributed by atoms with Crippen molar-refractivity contribution < 1.29 is 13.9 Å². The summed E-state index contributed by atoms with van der Waals surface area (Å²) < 4.78 is 18.1. The number of carbonyl (C=O) groups excluding carboxylic acids is 1. The molecule has 0 aliphatic carbocycles. The van der Waals surface area contributed by atoms with E-state index in [0.29, 0.717) is 11.3 Å². The van der Waals surface area contributed by atoms with Crippen LogP contribution in [0.4, 0.5) is 4.39 Å². The summed E-state index contributed by atoms with van der Waals surface area (Å²) in [4.78, 5) is 12.0. The maximum atomic E-state index is 12.9. The Kier molecular flexibility index (Phi) is 4.75. The molecule has 25 heavy (non-hydrogen) atoms. The Bertz CT molecular complexity index is 950. The molecule has 0 unspecified atom stereocenters. The number of halogens is 1. The third-order valence-corrected chi connectivity index (χ3v) is 3.90. The van der Waals surface area contributed by atoms with Gasteiger partial charge in [-0.25, -0.2) is 9.82 Å². The molecule has 3 aromatic rings. The first-order valence-corrected chi connectivity index (χ1v) is 7.75. The number of hydrogen-bond donors (Lipinski definition) is 1. The van der Waals surface area contributed by atoms with Crippen LogP contribution in [-0.4, -0.2) is 18.7 Å². The lowest BCUT2D eigenvalue weighted by Crippen LogP contribution is -2.19. The van der Waals surface area contributed by atoms with Crippen LogP contribution in [0.3, 0.4) is 0 Å². The molecule has 0 aromatic heterocycles. The number of ether oxygens (including phenoxy) is 1. The Balaban J connectivity index is 1.78. The Morgan fingerprint density at radius 1 is 0.960 bits per heavy atom. The van der Waals surface area contributed by atoms with E-state index in [9.17, 15) is 9.18 Å². The van der Waals surface area contributed by atoms with E-state index in [4.69, 9.17) is 4.74 Å². The van der Waals surface area contributed by atoms with Crippen molar-refractivity contribution in [1.82, 2.24) is 5.43 Å². The van der Waals surface area contributed by atoms with E-state index in [0.717, 1.165) is 22.1 Å². The lowest BCUT2D eigenvalue weighted by molar-refractivity contribution is 0.0955. The average molecular weight is 336 g/mol. The van der Waals surface area contributed by atoms with Crippen molar-refractivity contribution in [2.24, 2.45) is 5.10 Å². The van der Waals surface area contributed by atoms with E-state index in [2.05, 4.69) is 10.5 Å². The Labute approximate surface area is 144 Å². The van der Waals surface area contributed by atoms with Crippen molar-refractivity contribution in [2.75, 3.05) is 7.11 Å². The maximum absolute atomic E-state index is 12.9. The zero-order valence-corrected chi connectivity index (χ0v) is 13.9. The molecule has 0 bridgehead atoms. The smallest absolute Gasteiger partial charge is 0.271 e. The van der Waals surface area contributed by atoms with Crippen molar-refractivity contribution >= 4 is 22.4 Å². The third kappa shape index (κ3) is 3.83. The fraction of sp³-hybridized carbons (Fsp3) is 0.100. The standard InChI is InChI=1S/C20H17FN2O2/c1-13(22-23-20(24)14-5-8-18(21)9-6-14)15-3-4-17-12-19(25-2)10-7-16(17)11-15/h3-12H,1-2H3,(H,23,24). The fourth-order valence-corrected chi connectivity index (χ4v) is 2.44. The van der Waals surface area contributed by atoms with Crippen LogP contribution in [0.5, 0.6) is 5.75 Å².